The van der Waals surface area contributed by atoms with E-state index < -0.39 is 0 Å². The van der Waals surface area contributed by atoms with Crippen molar-refractivity contribution in [3.63, 3.8) is 0 Å². The minimum atomic E-state index is -0.128. The van der Waals surface area contributed by atoms with Crippen LogP contribution in [-0.2, 0) is 6.54 Å². The van der Waals surface area contributed by atoms with Gasteiger partial charge in [-0.1, -0.05) is 36.4 Å². The summed E-state index contributed by atoms with van der Waals surface area (Å²) in [6, 6.07) is 12.2. The molecule has 1 aromatic carbocycles. The van der Waals surface area contributed by atoms with Crippen molar-refractivity contribution in [3.05, 3.63) is 78.3 Å². The molecule has 1 aliphatic carbocycles. The van der Waals surface area contributed by atoms with E-state index >= 15 is 0 Å². The van der Waals surface area contributed by atoms with Crippen LogP contribution in [0, 0.1) is 5.92 Å². The van der Waals surface area contributed by atoms with Crippen LogP contribution < -0.4 is 4.74 Å². The van der Waals surface area contributed by atoms with Crippen LogP contribution in [0.4, 0.5) is 0 Å². The van der Waals surface area contributed by atoms with E-state index in [0.29, 0.717) is 16.7 Å². The maximum Gasteiger partial charge on any atom is 0.325 e. The number of aromatic nitrogens is 3. The van der Waals surface area contributed by atoms with E-state index in [1.54, 1.807) is 18.5 Å². The fourth-order valence-electron chi connectivity index (χ4n) is 3.41. The lowest BCUT2D eigenvalue weighted by atomic mass is 9.96. The Balaban J connectivity index is 1.32. The number of hydrazone groups is 1. The monoisotopic (exact) mass is 371 g/mol. The number of hydrogen-bond acceptors (Lipinski definition) is 7. The van der Waals surface area contributed by atoms with Crippen LogP contribution in [0.25, 0.3) is 10.9 Å². The zero-order chi connectivity index (χ0) is 18.9. The Bertz CT molecular complexity index is 1110. The van der Waals surface area contributed by atoms with Crippen LogP contribution in [0.3, 0.4) is 0 Å². The highest BCUT2D eigenvalue weighted by atomic mass is 16.5. The van der Waals surface area contributed by atoms with Crippen LogP contribution in [0.15, 0.2) is 77.9 Å². The SMILES string of the molecule is Oc1nc(OC2=CC3C=NN(Cc4ccccc4)C3C=C2)nc2cnccc12. The van der Waals surface area contributed by atoms with Crippen molar-refractivity contribution in [1.82, 2.24) is 20.0 Å². The third kappa shape index (κ3) is 3.07. The standard InChI is InChI=1S/C21H17N5O2/c27-20-17-8-9-22-12-18(17)24-21(25-20)28-16-6-7-19-15(10-16)11-23-26(19)13-14-4-2-1-3-5-14/h1-12,15,19H,13H2,(H,24,25,27). The van der Waals surface area contributed by atoms with E-state index in [-0.39, 0.29) is 23.9 Å². The number of fused-ring (bicyclic) bond motifs is 2. The van der Waals surface area contributed by atoms with Crippen LogP contribution in [0.1, 0.15) is 5.56 Å². The Hall–Kier alpha value is -3.74. The lowest BCUT2D eigenvalue weighted by Crippen LogP contribution is -2.31. The van der Waals surface area contributed by atoms with Crippen molar-refractivity contribution in [3.8, 4) is 11.9 Å². The lowest BCUT2D eigenvalue weighted by molar-refractivity contribution is 0.237. The van der Waals surface area contributed by atoms with Gasteiger partial charge in [0, 0.05) is 18.3 Å². The van der Waals surface area contributed by atoms with Gasteiger partial charge in [-0.3, -0.25) is 9.99 Å². The third-order valence-electron chi connectivity index (χ3n) is 4.80. The molecule has 5 rings (SSSR count). The molecule has 3 aromatic rings. The Morgan fingerprint density at radius 3 is 2.89 bits per heavy atom. The first-order valence-electron chi connectivity index (χ1n) is 8.99. The van der Waals surface area contributed by atoms with Gasteiger partial charge in [0.1, 0.15) is 5.76 Å². The minimum Gasteiger partial charge on any atom is -0.493 e. The molecule has 7 nitrogen and oxygen atoms in total. The Morgan fingerprint density at radius 1 is 1.11 bits per heavy atom. The molecule has 1 aliphatic heterocycles. The van der Waals surface area contributed by atoms with E-state index in [0.717, 1.165) is 6.54 Å². The second-order valence-electron chi connectivity index (χ2n) is 6.67. The summed E-state index contributed by atoms with van der Waals surface area (Å²) >= 11 is 0. The summed E-state index contributed by atoms with van der Waals surface area (Å²) in [5.74, 6) is 0.605. The molecule has 28 heavy (non-hydrogen) atoms. The van der Waals surface area contributed by atoms with Gasteiger partial charge < -0.3 is 9.84 Å². The van der Waals surface area contributed by atoms with Gasteiger partial charge in [0.25, 0.3) is 0 Å². The van der Waals surface area contributed by atoms with Gasteiger partial charge in [0.2, 0.25) is 5.88 Å². The molecule has 0 amide bonds. The van der Waals surface area contributed by atoms with Gasteiger partial charge in [-0.15, -0.1) is 0 Å². The zero-order valence-corrected chi connectivity index (χ0v) is 14.9. The van der Waals surface area contributed by atoms with Crippen LogP contribution in [-0.4, -0.2) is 37.3 Å². The van der Waals surface area contributed by atoms with E-state index in [1.165, 1.54) is 5.56 Å². The molecule has 2 unspecified atom stereocenters. The normalized spacial score (nSPS) is 20.3. The van der Waals surface area contributed by atoms with Crippen molar-refractivity contribution >= 4 is 17.1 Å². The molecule has 138 valence electrons. The smallest absolute Gasteiger partial charge is 0.325 e. The lowest BCUT2D eigenvalue weighted by Gasteiger charge is -2.26. The molecule has 2 atom stereocenters. The minimum absolute atomic E-state index is 0.0865. The van der Waals surface area contributed by atoms with E-state index in [9.17, 15) is 5.11 Å². The molecule has 1 N–H and O–H groups in total. The van der Waals surface area contributed by atoms with E-state index in [1.807, 2.05) is 36.6 Å². The van der Waals surface area contributed by atoms with Gasteiger partial charge in [-0.05, 0) is 23.8 Å². The fraction of sp³-hybridized carbons (Fsp3) is 0.143. The number of rotatable bonds is 4. The van der Waals surface area contributed by atoms with Crippen LogP contribution in [0.2, 0.25) is 0 Å². The van der Waals surface area contributed by atoms with Gasteiger partial charge >= 0.3 is 6.01 Å². The average molecular weight is 371 g/mol. The van der Waals surface area contributed by atoms with Crippen LogP contribution >= 0.6 is 0 Å². The number of allylic oxidation sites excluding steroid dienone is 1. The molecule has 0 bridgehead atoms. The van der Waals surface area contributed by atoms with Crippen LogP contribution in [0.5, 0.6) is 11.9 Å². The maximum absolute atomic E-state index is 10.1. The molecule has 3 heterocycles. The summed E-state index contributed by atoms with van der Waals surface area (Å²) in [6.45, 7) is 0.752. The van der Waals surface area contributed by atoms with Gasteiger partial charge in [-0.25, -0.2) is 0 Å². The summed E-state index contributed by atoms with van der Waals surface area (Å²) in [4.78, 5) is 12.4. The topological polar surface area (TPSA) is 83.7 Å². The number of hydrogen-bond donors (Lipinski definition) is 1. The first kappa shape index (κ1) is 16.4. The molecule has 0 spiro atoms. The largest absolute Gasteiger partial charge is 0.493 e. The molecule has 0 saturated heterocycles. The average Bonchev–Trinajstić information content (AvgIpc) is 3.11. The van der Waals surface area contributed by atoms with E-state index in [2.05, 4.69) is 43.3 Å². The van der Waals surface area contributed by atoms with Crippen molar-refractivity contribution in [1.29, 1.82) is 0 Å². The number of aromatic hydroxyl groups is 1. The second-order valence-corrected chi connectivity index (χ2v) is 6.67. The van der Waals surface area contributed by atoms with Crippen molar-refractivity contribution < 1.29 is 9.84 Å². The van der Waals surface area contributed by atoms with Gasteiger partial charge in [0.05, 0.1) is 29.7 Å². The number of pyridine rings is 1. The Kier molecular flexibility index (Phi) is 3.97. The summed E-state index contributed by atoms with van der Waals surface area (Å²) in [5.41, 5.74) is 1.74. The van der Waals surface area contributed by atoms with Gasteiger partial charge in [-0.2, -0.15) is 15.1 Å². The maximum atomic E-state index is 10.1. The summed E-state index contributed by atoms with van der Waals surface area (Å²) in [6.07, 6.45) is 11.0. The molecule has 0 saturated carbocycles. The molecule has 7 heteroatoms. The summed E-state index contributed by atoms with van der Waals surface area (Å²) in [7, 11) is 0. The number of ether oxygens (including phenoxy) is 1. The highest BCUT2D eigenvalue weighted by molar-refractivity contribution is 5.82. The molecular formula is C21H17N5O2. The summed E-state index contributed by atoms with van der Waals surface area (Å²) in [5, 5.41) is 17.2. The first-order valence-corrected chi connectivity index (χ1v) is 8.99. The van der Waals surface area contributed by atoms with Crippen molar-refractivity contribution in [2.45, 2.75) is 12.6 Å². The molecule has 0 radical (unpaired) electrons. The molecule has 2 aromatic heterocycles. The van der Waals surface area contributed by atoms with Crippen molar-refractivity contribution in [2.24, 2.45) is 11.0 Å². The van der Waals surface area contributed by atoms with Crippen molar-refractivity contribution in [2.75, 3.05) is 0 Å². The van der Waals surface area contributed by atoms with Gasteiger partial charge in [0.15, 0.2) is 0 Å². The Labute approximate surface area is 161 Å². The Morgan fingerprint density at radius 2 is 2.00 bits per heavy atom. The molecule has 0 fully saturated rings. The highest BCUT2D eigenvalue weighted by Gasteiger charge is 2.30. The highest BCUT2D eigenvalue weighted by Crippen LogP contribution is 2.29. The predicted octanol–water partition coefficient (Wildman–Crippen LogP) is 3.05. The quantitative estimate of drug-likeness (QED) is 0.759. The van der Waals surface area contributed by atoms with E-state index in [4.69, 9.17) is 4.74 Å². The predicted molar refractivity (Wildman–Crippen MR) is 105 cm³/mol. The first-order chi connectivity index (χ1) is 13.8. The summed E-state index contributed by atoms with van der Waals surface area (Å²) < 4.78 is 5.79. The third-order valence-corrected chi connectivity index (χ3v) is 4.80. The molecular weight excluding hydrogens is 354 g/mol. The fourth-order valence-corrected chi connectivity index (χ4v) is 3.41. The molecule has 2 aliphatic rings. The second kappa shape index (κ2) is 6.77. The zero-order valence-electron chi connectivity index (χ0n) is 14.9. The number of nitrogens with zero attached hydrogens (tertiary/aromatic N) is 5. The number of benzene rings is 1.